The van der Waals surface area contributed by atoms with Crippen LogP contribution in [0.2, 0.25) is 0 Å². The van der Waals surface area contributed by atoms with Gasteiger partial charge in [0.05, 0.1) is 0 Å². The quantitative estimate of drug-likeness (QED) is 0.854. The number of nitrogens with zero attached hydrogens (tertiary/aromatic N) is 2. The van der Waals surface area contributed by atoms with Crippen LogP contribution in [0.25, 0.3) is 0 Å². The molecule has 0 atom stereocenters. The summed E-state index contributed by atoms with van der Waals surface area (Å²) in [7, 11) is 0. The van der Waals surface area contributed by atoms with E-state index in [4.69, 9.17) is 0 Å². The summed E-state index contributed by atoms with van der Waals surface area (Å²) in [6.07, 6.45) is 0. The van der Waals surface area contributed by atoms with Crippen LogP contribution in [0, 0.1) is 0 Å². The first-order valence-corrected chi connectivity index (χ1v) is 6.98. The van der Waals surface area contributed by atoms with Gasteiger partial charge in [-0.3, -0.25) is 4.90 Å². The van der Waals surface area contributed by atoms with Crippen LogP contribution in [-0.4, -0.2) is 31.1 Å². The molecule has 0 spiro atoms. The van der Waals surface area contributed by atoms with Gasteiger partial charge in [-0.2, -0.15) is 0 Å². The van der Waals surface area contributed by atoms with Crippen LogP contribution >= 0.6 is 12.4 Å². The minimum Gasteiger partial charge on any atom is -0.369 e. The van der Waals surface area contributed by atoms with E-state index in [0.29, 0.717) is 0 Å². The molecule has 0 radical (unpaired) electrons. The van der Waals surface area contributed by atoms with Crippen molar-refractivity contribution >= 4 is 18.1 Å². The Labute approximate surface area is 127 Å². The summed E-state index contributed by atoms with van der Waals surface area (Å²) in [5.74, 6) is 0. The zero-order chi connectivity index (χ0) is 12.9. The van der Waals surface area contributed by atoms with Gasteiger partial charge in [0.25, 0.3) is 0 Å². The summed E-state index contributed by atoms with van der Waals surface area (Å²) in [5, 5.41) is 0. The van der Waals surface area contributed by atoms with Crippen molar-refractivity contribution in [3.63, 3.8) is 0 Å². The van der Waals surface area contributed by atoms with E-state index in [1.807, 2.05) is 0 Å². The first-order valence-electron chi connectivity index (χ1n) is 6.98. The standard InChI is InChI=1S/C17H20N2.ClH/c1-3-7-16(8-4-1)15-18-11-13-19(14-12-18)17-9-5-2-6-10-17;/h1-10H,11-15H2;1H. The number of anilines is 1. The summed E-state index contributed by atoms with van der Waals surface area (Å²) in [4.78, 5) is 5.01. The molecule has 0 unspecified atom stereocenters. The van der Waals surface area contributed by atoms with Crippen molar-refractivity contribution in [3.8, 4) is 0 Å². The Morgan fingerprint density at radius 2 is 1.25 bits per heavy atom. The molecule has 0 aromatic heterocycles. The third-order valence-corrected chi connectivity index (χ3v) is 3.74. The summed E-state index contributed by atoms with van der Waals surface area (Å²) < 4.78 is 0. The summed E-state index contributed by atoms with van der Waals surface area (Å²) in [6.45, 7) is 5.60. The van der Waals surface area contributed by atoms with Crippen LogP contribution in [0.5, 0.6) is 0 Å². The predicted octanol–water partition coefficient (Wildman–Crippen LogP) is 3.43. The highest BCUT2D eigenvalue weighted by Crippen LogP contribution is 2.16. The summed E-state index contributed by atoms with van der Waals surface area (Å²) in [5.41, 5.74) is 2.76. The predicted molar refractivity (Wildman–Crippen MR) is 87.6 cm³/mol. The third-order valence-electron chi connectivity index (χ3n) is 3.74. The lowest BCUT2D eigenvalue weighted by molar-refractivity contribution is 0.250. The number of para-hydroxylation sites is 1. The molecule has 2 nitrogen and oxygen atoms in total. The number of rotatable bonds is 3. The Balaban J connectivity index is 0.00000147. The molecule has 20 heavy (non-hydrogen) atoms. The summed E-state index contributed by atoms with van der Waals surface area (Å²) >= 11 is 0. The molecule has 0 N–H and O–H groups in total. The summed E-state index contributed by atoms with van der Waals surface area (Å²) in [6, 6.07) is 21.5. The molecule has 0 bridgehead atoms. The van der Waals surface area contributed by atoms with Gasteiger partial charge in [0, 0.05) is 38.4 Å². The molecule has 0 amide bonds. The van der Waals surface area contributed by atoms with Gasteiger partial charge in [0.1, 0.15) is 0 Å². The lowest BCUT2D eigenvalue weighted by Crippen LogP contribution is -2.45. The molecule has 2 aromatic rings. The minimum absolute atomic E-state index is 0. The molecular weight excluding hydrogens is 268 g/mol. The molecule has 3 heteroatoms. The third kappa shape index (κ3) is 3.75. The average molecular weight is 289 g/mol. The highest BCUT2D eigenvalue weighted by Gasteiger charge is 2.16. The maximum absolute atomic E-state index is 2.54. The number of halogens is 1. The van der Waals surface area contributed by atoms with Crippen LogP contribution in [0.1, 0.15) is 5.56 Å². The van der Waals surface area contributed by atoms with Crippen molar-refractivity contribution in [2.24, 2.45) is 0 Å². The smallest absolute Gasteiger partial charge is 0.0367 e. The molecule has 1 fully saturated rings. The van der Waals surface area contributed by atoms with E-state index in [0.717, 1.165) is 32.7 Å². The van der Waals surface area contributed by atoms with E-state index in [9.17, 15) is 0 Å². The lowest BCUT2D eigenvalue weighted by Gasteiger charge is -2.36. The highest BCUT2D eigenvalue weighted by molar-refractivity contribution is 5.85. The monoisotopic (exact) mass is 288 g/mol. The first-order chi connectivity index (χ1) is 9.42. The van der Waals surface area contributed by atoms with Crippen LogP contribution in [0.15, 0.2) is 60.7 Å². The zero-order valence-electron chi connectivity index (χ0n) is 11.6. The largest absolute Gasteiger partial charge is 0.369 e. The number of benzene rings is 2. The topological polar surface area (TPSA) is 6.48 Å². The van der Waals surface area contributed by atoms with Crippen molar-refractivity contribution in [1.29, 1.82) is 0 Å². The van der Waals surface area contributed by atoms with Gasteiger partial charge in [0.2, 0.25) is 0 Å². The van der Waals surface area contributed by atoms with E-state index in [1.165, 1.54) is 11.3 Å². The minimum atomic E-state index is 0. The molecule has 0 aliphatic carbocycles. The Morgan fingerprint density at radius 3 is 1.85 bits per heavy atom. The highest BCUT2D eigenvalue weighted by atomic mass is 35.5. The Morgan fingerprint density at radius 1 is 0.700 bits per heavy atom. The number of hydrogen-bond donors (Lipinski definition) is 0. The second-order valence-electron chi connectivity index (χ2n) is 5.08. The van der Waals surface area contributed by atoms with Crippen LogP contribution < -0.4 is 4.90 Å². The van der Waals surface area contributed by atoms with Crippen molar-refractivity contribution in [2.45, 2.75) is 6.54 Å². The second-order valence-corrected chi connectivity index (χ2v) is 5.08. The zero-order valence-corrected chi connectivity index (χ0v) is 12.4. The van der Waals surface area contributed by atoms with Gasteiger partial charge in [-0.05, 0) is 17.7 Å². The Kier molecular flexibility index (Phi) is 5.45. The molecular formula is C17H21ClN2. The molecule has 1 aliphatic heterocycles. The number of piperazine rings is 1. The van der Waals surface area contributed by atoms with E-state index < -0.39 is 0 Å². The number of hydrogen-bond acceptors (Lipinski definition) is 2. The fourth-order valence-electron chi connectivity index (χ4n) is 2.64. The molecule has 1 heterocycles. The maximum atomic E-state index is 2.54. The average Bonchev–Trinajstić information content (AvgIpc) is 2.50. The van der Waals surface area contributed by atoms with Crippen LogP contribution in [-0.2, 0) is 6.54 Å². The Bertz CT molecular complexity index is 493. The van der Waals surface area contributed by atoms with E-state index in [1.54, 1.807) is 0 Å². The van der Waals surface area contributed by atoms with Gasteiger partial charge >= 0.3 is 0 Å². The van der Waals surface area contributed by atoms with Crippen molar-refractivity contribution in [2.75, 3.05) is 31.1 Å². The van der Waals surface area contributed by atoms with Gasteiger partial charge in [-0.15, -0.1) is 12.4 Å². The lowest BCUT2D eigenvalue weighted by atomic mass is 10.2. The molecule has 2 aromatic carbocycles. The van der Waals surface area contributed by atoms with Crippen molar-refractivity contribution < 1.29 is 0 Å². The normalized spacial score (nSPS) is 15.7. The SMILES string of the molecule is Cl.c1ccc(CN2CCN(c3ccccc3)CC2)cc1. The van der Waals surface area contributed by atoms with E-state index in [2.05, 4.69) is 70.5 Å². The van der Waals surface area contributed by atoms with E-state index in [-0.39, 0.29) is 12.4 Å². The van der Waals surface area contributed by atoms with E-state index >= 15 is 0 Å². The Hall–Kier alpha value is -1.51. The fraction of sp³-hybridized carbons (Fsp3) is 0.294. The molecule has 1 aliphatic rings. The first kappa shape index (κ1) is 14.9. The molecule has 1 saturated heterocycles. The van der Waals surface area contributed by atoms with Crippen LogP contribution in [0.3, 0.4) is 0 Å². The van der Waals surface area contributed by atoms with Crippen LogP contribution in [0.4, 0.5) is 5.69 Å². The molecule has 3 rings (SSSR count). The van der Waals surface area contributed by atoms with Gasteiger partial charge in [-0.1, -0.05) is 48.5 Å². The molecule has 106 valence electrons. The van der Waals surface area contributed by atoms with Crippen molar-refractivity contribution in [3.05, 3.63) is 66.2 Å². The maximum Gasteiger partial charge on any atom is 0.0367 e. The van der Waals surface area contributed by atoms with Gasteiger partial charge in [0.15, 0.2) is 0 Å². The van der Waals surface area contributed by atoms with Gasteiger partial charge < -0.3 is 4.90 Å². The molecule has 0 saturated carbocycles. The second kappa shape index (κ2) is 7.32. The van der Waals surface area contributed by atoms with Gasteiger partial charge in [-0.25, -0.2) is 0 Å². The fourth-order valence-corrected chi connectivity index (χ4v) is 2.64. The van der Waals surface area contributed by atoms with Crippen molar-refractivity contribution in [1.82, 2.24) is 4.90 Å².